The Balaban J connectivity index is 2.23. The minimum Gasteiger partial charge on any atom is -0.434 e. The molecular formula is C16H10F4O2. The van der Waals surface area contributed by atoms with Crippen LogP contribution in [0, 0.1) is 11.6 Å². The lowest BCUT2D eigenvalue weighted by molar-refractivity contribution is -0.0499. The first kappa shape index (κ1) is 15.8. The molecule has 0 atom stereocenters. The first-order valence-corrected chi connectivity index (χ1v) is 6.18. The monoisotopic (exact) mass is 310 g/mol. The molecule has 0 fully saturated rings. The quantitative estimate of drug-likeness (QED) is 0.463. The standard InChI is InChI=1S/C16H10F4O2/c17-11-6-7-12(13(18)9-11)14(21)8-5-10-3-1-2-4-15(10)22-16(19)20/h1-9,16H. The minimum absolute atomic E-state index is 0.110. The molecular weight excluding hydrogens is 300 g/mol. The van der Waals surface area contributed by atoms with Crippen LogP contribution in [-0.4, -0.2) is 12.4 Å². The summed E-state index contributed by atoms with van der Waals surface area (Å²) in [7, 11) is 0. The zero-order chi connectivity index (χ0) is 16.1. The van der Waals surface area contributed by atoms with Crippen molar-refractivity contribution in [3.8, 4) is 5.75 Å². The van der Waals surface area contributed by atoms with E-state index in [9.17, 15) is 22.4 Å². The highest BCUT2D eigenvalue weighted by Crippen LogP contribution is 2.22. The molecule has 2 nitrogen and oxygen atoms in total. The summed E-state index contributed by atoms with van der Waals surface area (Å²) in [5.41, 5.74) is -0.0800. The number of hydrogen-bond acceptors (Lipinski definition) is 2. The Morgan fingerprint density at radius 1 is 1.09 bits per heavy atom. The summed E-state index contributed by atoms with van der Waals surface area (Å²) in [5, 5.41) is 0. The van der Waals surface area contributed by atoms with Crippen LogP contribution < -0.4 is 4.74 Å². The number of allylic oxidation sites excluding steroid dienone is 1. The average molecular weight is 310 g/mol. The van der Waals surface area contributed by atoms with E-state index in [0.29, 0.717) is 6.07 Å². The van der Waals surface area contributed by atoms with E-state index in [1.165, 1.54) is 24.3 Å². The molecule has 0 saturated carbocycles. The largest absolute Gasteiger partial charge is 0.434 e. The lowest BCUT2D eigenvalue weighted by atomic mass is 10.1. The Morgan fingerprint density at radius 3 is 2.50 bits per heavy atom. The van der Waals surface area contributed by atoms with Crippen molar-refractivity contribution < 1.29 is 27.1 Å². The second-order valence-electron chi connectivity index (χ2n) is 4.24. The number of carbonyl (C=O) groups excluding carboxylic acids is 1. The number of ketones is 1. The van der Waals surface area contributed by atoms with Crippen molar-refractivity contribution in [1.82, 2.24) is 0 Å². The van der Waals surface area contributed by atoms with E-state index in [1.807, 2.05) is 0 Å². The maximum atomic E-state index is 13.5. The van der Waals surface area contributed by atoms with Crippen molar-refractivity contribution in [3.05, 3.63) is 71.3 Å². The topological polar surface area (TPSA) is 26.3 Å². The maximum absolute atomic E-state index is 13.5. The van der Waals surface area contributed by atoms with Crippen molar-refractivity contribution >= 4 is 11.9 Å². The molecule has 114 valence electrons. The lowest BCUT2D eigenvalue weighted by Gasteiger charge is -2.07. The van der Waals surface area contributed by atoms with Gasteiger partial charge in [-0.25, -0.2) is 8.78 Å². The third kappa shape index (κ3) is 3.94. The van der Waals surface area contributed by atoms with Gasteiger partial charge in [-0.3, -0.25) is 4.79 Å². The zero-order valence-corrected chi connectivity index (χ0v) is 11.1. The highest BCUT2D eigenvalue weighted by molar-refractivity contribution is 6.07. The first-order chi connectivity index (χ1) is 10.5. The van der Waals surface area contributed by atoms with Gasteiger partial charge in [0.2, 0.25) is 0 Å². The highest BCUT2D eigenvalue weighted by Gasteiger charge is 2.11. The molecule has 6 heteroatoms. The van der Waals surface area contributed by atoms with Gasteiger partial charge in [0.25, 0.3) is 0 Å². The second kappa shape index (κ2) is 6.89. The summed E-state index contributed by atoms with van der Waals surface area (Å²) >= 11 is 0. The molecule has 2 rings (SSSR count). The summed E-state index contributed by atoms with van der Waals surface area (Å²) in [4.78, 5) is 11.8. The number of hydrogen-bond donors (Lipinski definition) is 0. The van der Waals surface area contributed by atoms with Crippen LogP contribution in [0.5, 0.6) is 5.75 Å². The molecule has 0 bridgehead atoms. The van der Waals surface area contributed by atoms with Gasteiger partial charge in [0.05, 0.1) is 5.56 Å². The van der Waals surface area contributed by atoms with Crippen molar-refractivity contribution in [2.24, 2.45) is 0 Å². The molecule has 2 aromatic carbocycles. The third-order valence-electron chi connectivity index (χ3n) is 2.75. The summed E-state index contributed by atoms with van der Waals surface area (Å²) in [6, 6.07) is 8.40. The maximum Gasteiger partial charge on any atom is 0.387 e. The van der Waals surface area contributed by atoms with Crippen LogP contribution in [0.2, 0.25) is 0 Å². The molecule has 0 unspecified atom stereocenters. The van der Waals surface area contributed by atoms with Crippen LogP contribution in [0.15, 0.2) is 48.5 Å². The number of halogens is 4. The van der Waals surface area contributed by atoms with E-state index in [1.54, 1.807) is 6.07 Å². The molecule has 22 heavy (non-hydrogen) atoms. The number of benzene rings is 2. The third-order valence-corrected chi connectivity index (χ3v) is 2.75. The molecule has 0 N–H and O–H groups in total. The van der Waals surface area contributed by atoms with E-state index in [0.717, 1.165) is 18.2 Å². The molecule has 0 saturated heterocycles. The van der Waals surface area contributed by atoms with Gasteiger partial charge < -0.3 is 4.74 Å². The predicted octanol–water partition coefficient (Wildman–Crippen LogP) is 4.46. The number of carbonyl (C=O) groups is 1. The molecule has 2 aromatic rings. The molecule has 0 aliphatic rings. The van der Waals surface area contributed by atoms with Crippen molar-refractivity contribution in [3.63, 3.8) is 0 Å². The number of para-hydroxylation sites is 1. The minimum atomic E-state index is -3.00. The average Bonchev–Trinajstić information content (AvgIpc) is 2.45. The fourth-order valence-electron chi connectivity index (χ4n) is 1.77. The van der Waals surface area contributed by atoms with E-state index < -0.39 is 24.0 Å². The number of ether oxygens (including phenoxy) is 1. The second-order valence-corrected chi connectivity index (χ2v) is 4.24. The Bertz CT molecular complexity index is 711. The number of alkyl halides is 2. The number of rotatable bonds is 5. The summed E-state index contributed by atoms with van der Waals surface area (Å²) in [5.74, 6) is -2.62. The van der Waals surface area contributed by atoms with Gasteiger partial charge in [0.1, 0.15) is 17.4 Å². The van der Waals surface area contributed by atoms with Crippen LogP contribution in [0.25, 0.3) is 6.08 Å². The van der Waals surface area contributed by atoms with Gasteiger partial charge in [-0.15, -0.1) is 0 Å². The van der Waals surface area contributed by atoms with Crippen LogP contribution in [0.1, 0.15) is 15.9 Å². The molecule has 0 heterocycles. The smallest absolute Gasteiger partial charge is 0.387 e. The van der Waals surface area contributed by atoms with Gasteiger partial charge in [0, 0.05) is 11.6 Å². The molecule has 0 radical (unpaired) electrons. The fraction of sp³-hybridized carbons (Fsp3) is 0.0625. The van der Waals surface area contributed by atoms with Crippen molar-refractivity contribution in [2.45, 2.75) is 6.61 Å². The Morgan fingerprint density at radius 2 is 1.82 bits per heavy atom. The van der Waals surface area contributed by atoms with Crippen LogP contribution >= 0.6 is 0 Å². The van der Waals surface area contributed by atoms with E-state index in [-0.39, 0.29) is 16.9 Å². The summed E-state index contributed by atoms with van der Waals surface area (Å²) in [6.07, 6.45) is 2.23. The van der Waals surface area contributed by atoms with Crippen LogP contribution in [0.4, 0.5) is 17.6 Å². The van der Waals surface area contributed by atoms with Crippen LogP contribution in [-0.2, 0) is 0 Å². The van der Waals surface area contributed by atoms with Gasteiger partial charge in [-0.1, -0.05) is 18.2 Å². The summed E-state index contributed by atoms with van der Waals surface area (Å²) in [6.45, 7) is -3.00. The van der Waals surface area contributed by atoms with E-state index in [2.05, 4.69) is 4.74 Å². The first-order valence-electron chi connectivity index (χ1n) is 6.18. The Hall–Kier alpha value is -2.63. The molecule has 0 aliphatic carbocycles. The predicted molar refractivity (Wildman–Crippen MR) is 72.8 cm³/mol. The van der Waals surface area contributed by atoms with Gasteiger partial charge in [-0.05, 0) is 30.4 Å². The normalized spacial score (nSPS) is 11.1. The van der Waals surface area contributed by atoms with E-state index in [4.69, 9.17) is 0 Å². The Kier molecular flexibility index (Phi) is 4.93. The lowest BCUT2D eigenvalue weighted by Crippen LogP contribution is -2.03. The molecule has 0 amide bonds. The van der Waals surface area contributed by atoms with Crippen molar-refractivity contribution in [2.75, 3.05) is 0 Å². The van der Waals surface area contributed by atoms with Gasteiger partial charge >= 0.3 is 6.61 Å². The van der Waals surface area contributed by atoms with Gasteiger partial charge in [0.15, 0.2) is 5.78 Å². The van der Waals surface area contributed by atoms with Crippen LogP contribution in [0.3, 0.4) is 0 Å². The van der Waals surface area contributed by atoms with Crippen molar-refractivity contribution in [1.29, 1.82) is 0 Å². The van der Waals surface area contributed by atoms with E-state index >= 15 is 0 Å². The fourth-order valence-corrected chi connectivity index (χ4v) is 1.77. The molecule has 0 aliphatic heterocycles. The highest BCUT2D eigenvalue weighted by atomic mass is 19.3. The molecule has 0 aromatic heterocycles. The zero-order valence-electron chi connectivity index (χ0n) is 11.1. The SMILES string of the molecule is O=C(C=Cc1ccccc1OC(F)F)c1ccc(F)cc1F. The Labute approximate surface area is 123 Å². The summed E-state index contributed by atoms with van der Waals surface area (Å²) < 4.78 is 55.1. The van der Waals surface area contributed by atoms with Gasteiger partial charge in [-0.2, -0.15) is 8.78 Å². The molecule has 0 spiro atoms.